The first-order chi connectivity index (χ1) is 5.27. The standard InChI is InChI=1S/C7H9FN2O/c1-5-2-9-10-3-6(8)4-11-7(5)10/h2,6H,3-4H2,1H3. The van der Waals surface area contributed by atoms with Gasteiger partial charge in [0.15, 0.2) is 6.17 Å². The highest BCUT2D eigenvalue weighted by molar-refractivity contribution is 5.23. The predicted molar refractivity (Wildman–Crippen MR) is 37.4 cm³/mol. The van der Waals surface area contributed by atoms with Gasteiger partial charge in [-0.2, -0.15) is 5.10 Å². The molecule has 0 bridgehead atoms. The third-order valence-corrected chi connectivity index (χ3v) is 1.73. The van der Waals surface area contributed by atoms with Crippen LogP contribution in [0.5, 0.6) is 5.88 Å². The van der Waals surface area contributed by atoms with Crippen LogP contribution in [-0.2, 0) is 6.54 Å². The molecule has 1 aromatic rings. The summed E-state index contributed by atoms with van der Waals surface area (Å²) in [5.74, 6) is 0.707. The summed E-state index contributed by atoms with van der Waals surface area (Å²) in [6.07, 6.45) is 0.773. The number of halogens is 1. The Morgan fingerprint density at radius 2 is 2.64 bits per heavy atom. The number of rotatable bonds is 0. The zero-order valence-electron chi connectivity index (χ0n) is 6.25. The second-order valence-corrected chi connectivity index (χ2v) is 2.72. The molecule has 0 N–H and O–H groups in total. The van der Waals surface area contributed by atoms with Crippen molar-refractivity contribution in [2.75, 3.05) is 6.61 Å². The van der Waals surface area contributed by atoms with Crippen molar-refractivity contribution < 1.29 is 9.13 Å². The summed E-state index contributed by atoms with van der Waals surface area (Å²) in [7, 11) is 0. The Balaban J connectivity index is 2.36. The van der Waals surface area contributed by atoms with Crippen LogP contribution in [0.1, 0.15) is 5.56 Å². The van der Waals surface area contributed by atoms with Crippen molar-refractivity contribution in [3.05, 3.63) is 11.8 Å². The Hall–Kier alpha value is -1.06. The van der Waals surface area contributed by atoms with Crippen molar-refractivity contribution in [2.24, 2.45) is 0 Å². The molecule has 0 aromatic carbocycles. The Labute approximate surface area is 63.8 Å². The molecule has 1 aliphatic rings. The van der Waals surface area contributed by atoms with E-state index in [1.54, 1.807) is 10.9 Å². The van der Waals surface area contributed by atoms with E-state index in [0.717, 1.165) is 5.56 Å². The minimum Gasteiger partial charge on any atom is -0.474 e. The molecule has 0 saturated heterocycles. The molecule has 4 heteroatoms. The van der Waals surface area contributed by atoms with Crippen molar-refractivity contribution >= 4 is 0 Å². The average molecular weight is 156 g/mol. The van der Waals surface area contributed by atoms with E-state index in [0.29, 0.717) is 12.4 Å². The molecule has 0 spiro atoms. The van der Waals surface area contributed by atoms with Crippen LogP contribution in [0, 0.1) is 6.92 Å². The number of alkyl halides is 1. The van der Waals surface area contributed by atoms with E-state index < -0.39 is 6.17 Å². The normalized spacial score (nSPS) is 22.5. The van der Waals surface area contributed by atoms with Gasteiger partial charge in [-0.3, -0.25) is 0 Å². The zero-order chi connectivity index (χ0) is 7.84. The van der Waals surface area contributed by atoms with Gasteiger partial charge >= 0.3 is 0 Å². The molecule has 0 amide bonds. The molecule has 2 rings (SSSR count). The molecule has 1 atom stereocenters. The molecule has 0 radical (unpaired) electrons. The topological polar surface area (TPSA) is 27.1 Å². The maximum atomic E-state index is 12.7. The first-order valence-corrected chi connectivity index (χ1v) is 3.56. The maximum Gasteiger partial charge on any atom is 0.214 e. The van der Waals surface area contributed by atoms with Gasteiger partial charge in [0.2, 0.25) is 5.88 Å². The van der Waals surface area contributed by atoms with E-state index in [1.165, 1.54) is 0 Å². The monoisotopic (exact) mass is 156 g/mol. The van der Waals surface area contributed by atoms with Crippen molar-refractivity contribution in [3.63, 3.8) is 0 Å². The van der Waals surface area contributed by atoms with Gasteiger partial charge in [-0.1, -0.05) is 0 Å². The molecule has 1 unspecified atom stereocenters. The summed E-state index contributed by atoms with van der Waals surface area (Å²) >= 11 is 0. The van der Waals surface area contributed by atoms with Gasteiger partial charge in [-0.15, -0.1) is 0 Å². The predicted octanol–water partition coefficient (Wildman–Crippen LogP) is 0.922. The lowest BCUT2D eigenvalue weighted by molar-refractivity contribution is 0.124. The van der Waals surface area contributed by atoms with Gasteiger partial charge in [0.1, 0.15) is 6.61 Å². The van der Waals surface area contributed by atoms with Crippen LogP contribution < -0.4 is 4.74 Å². The van der Waals surface area contributed by atoms with E-state index in [4.69, 9.17) is 4.74 Å². The third-order valence-electron chi connectivity index (χ3n) is 1.73. The minimum absolute atomic E-state index is 0.159. The molecule has 60 valence electrons. The van der Waals surface area contributed by atoms with E-state index in [9.17, 15) is 4.39 Å². The smallest absolute Gasteiger partial charge is 0.214 e. The lowest BCUT2D eigenvalue weighted by Crippen LogP contribution is -2.26. The molecule has 0 saturated carbocycles. The Bertz CT molecular complexity index is 271. The Morgan fingerprint density at radius 1 is 1.82 bits per heavy atom. The highest BCUT2D eigenvalue weighted by Gasteiger charge is 2.20. The van der Waals surface area contributed by atoms with Crippen LogP contribution in [0.2, 0.25) is 0 Å². The first-order valence-electron chi connectivity index (χ1n) is 3.56. The molecular formula is C7H9FN2O. The van der Waals surface area contributed by atoms with Crippen molar-refractivity contribution in [3.8, 4) is 5.88 Å². The molecule has 2 heterocycles. The fourth-order valence-corrected chi connectivity index (χ4v) is 1.20. The minimum atomic E-state index is -0.915. The maximum absolute atomic E-state index is 12.7. The molecule has 0 fully saturated rings. The van der Waals surface area contributed by atoms with Gasteiger partial charge in [-0.25, -0.2) is 9.07 Å². The largest absolute Gasteiger partial charge is 0.474 e. The van der Waals surface area contributed by atoms with Gasteiger partial charge in [-0.05, 0) is 6.92 Å². The lowest BCUT2D eigenvalue weighted by atomic mass is 10.3. The number of ether oxygens (including phenoxy) is 1. The van der Waals surface area contributed by atoms with Gasteiger partial charge < -0.3 is 4.74 Å². The van der Waals surface area contributed by atoms with E-state index >= 15 is 0 Å². The summed E-state index contributed by atoms with van der Waals surface area (Å²) in [5.41, 5.74) is 0.969. The highest BCUT2D eigenvalue weighted by atomic mass is 19.1. The summed E-state index contributed by atoms with van der Waals surface area (Å²) in [4.78, 5) is 0. The summed E-state index contributed by atoms with van der Waals surface area (Å²) in [5, 5.41) is 3.96. The molecule has 3 nitrogen and oxygen atoms in total. The van der Waals surface area contributed by atoms with E-state index in [-0.39, 0.29) is 6.61 Å². The quantitative estimate of drug-likeness (QED) is 0.558. The Morgan fingerprint density at radius 3 is 3.45 bits per heavy atom. The second kappa shape index (κ2) is 2.22. The zero-order valence-corrected chi connectivity index (χ0v) is 6.25. The third kappa shape index (κ3) is 0.982. The fourth-order valence-electron chi connectivity index (χ4n) is 1.20. The van der Waals surface area contributed by atoms with Crippen molar-refractivity contribution in [2.45, 2.75) is 19.6 Å². The van der Waals surface area contributed by atoms with Crippen LogP contribution >= 0.6 is 0 Å². The van der Waals surface area contributed by atoms with Crippen molar-refractivity contribution in [1.29, 1.82) is 0 Å². The van der Waals surface area contributed by atoms with Crippen LogP contribution in [0.25, 0.3) is 0 Å². The van der Waals surface area contributed by atoms with E-state index in [1.807, 2.05) is 6.92 Å². The summed E-state index contributed by atoms with van der Waals surface area (Å²) < 4.78 is 19.4. The van der Waals surface area contributed by atoms with Crippen LogP contribution in [-0.4, -0.2) is 22.6 Å². The second-order valence-electron chi connectivity index (χ2n) is 2.72. The Kier molecular flexibility index (Phi) is 1.34. The molecule has 1 aromatic heterocycles. The molecule has 11 heavy (non-hydrogen) atoms. The number of aromatic nitrogens is 2. The van der Waals surface area contributed by atoms with Crippen LogP contribution in [0.4, 0.5) is 4.39 Å². The van der Waals surface area contributed by atoms with Gasteiger partial charge in [0, 0.05) is 5.56 Å². The van der Waals surface area contributed by atoms with Crippen LogP contribution in [0.15, 0.2) is 6.20 Å². The van der Waals surface area contributed by atoms with Gasteiger partial charge in [0.25, 0.3) is 0 Å². The highest BCUT2D eigenvalue weighted by Crippen LogP contribution is 2.21. The molecule has 1 aliphatic heterocycles. The van der Waals surface area contributed by atoms with Crippen molar-refractivity contribution in [1.82, 2.24) is 9.78 Å². The first kappa shape index (κ1) is 6.64. The van der Waals surface area contributed by atoms with Gasteiger partial charge in [0.05, 0.1) is 12.7 Å². The lowest BCUT2D eigenvalue weighted by Gasteiger charge is -2.18. The number of aryl methyl sites for hydroxylation is 1. The SMILES string of the molecule is Cc1cnn2c1OCC(F)C2. The molecular weight excluding hydrogens is 147 g/mol. The molecule has 0 aliphatic carbocycles. The average Bonchev–Trinajstić information content (AvgIpc) is 2.32. The van der Waals surface area contributed by atoms with E-state index in [2.05, 4.69) is 5.10 Å². The summed E-state index contributed by atoms with van der Waals surface area (Å²) in [6, 6.07) is 0. The number of nitrogens with zero attached hydrogens (tertiary/aromatic N) is 2. The number of hydrogen-bond acceptors (Lipinski definition) is 2. The number of hydrogen-bond donors (Lipinski definition) is 0. The van der Waals surface area contributed by atoms with Crippen LogP contribution in [0.3, 0.4) is 0 Å². The summed E-state index contributed by atoms with van der Waals surface area (Å²) in [6.45, 7) is 2.38. The number of fused-ring (bicyclic) bond motifs is 1. The fraction of sp³-hybridized carbons (Fsp3) is 0.571.